The molecule has 2 heterocycles. The normalized spacial score (nSPS) is 21.6. The fourth-order valence-electron chi connectivity index (χ4n) is 2.85. The molecule has 1 saturated heterocycles. The van der Waals surface area contributed by atoms with Crippen LogP contribution >= 0.6 is 11.6 Å². The molecule has 2 aromatic rings. The van der Waals surface area contributed by atoms with E-state index in [0.717, 1.165) is 47.8 Å². The Morgan fingerprint density at radius 3 is 2.90 bits per heavy atom. The molecular weight excluding hydrogens is 274 g/mol. The van der Waals surface area contributed by atoms with E-state index in [4.69, 9.17) is 11.6 Å². The molecule has 20 heavy (non-hydrogen) atoms. The second kappa shape index (κ2) is 5.74. The van der Waals surface area contributed by atoms with Crippen LogP contribution < -0.4 is 0 Å². The van der Waals surface area contributed by atoms with Gasteiger partial charge in [0.05, 0.1) is 11.6 Å². The number of hydrogen-bond donors (Lipinski definition) is 2. The number of aromatic amines is 1. The van der Waals surface area contributed by atoms with Gasteiger partial charge in [-0.1, -0.05) is 29.8 Å². The van der Waals surface area contributed by atoms with Crippen molar-refractivity contribution in [1.29, 1.82) is 0 Å². The van der Waals surface area contributed by atoms with Crippen molar-refractivity contribution in [3.63, 3.8) is 0 Å². The molecule has 2 N–H and O–H groups in total. The Hall–Kier alpha value is -1.07. The summed E-state index contributed by atoms with van der Waals surface area (Å²) in [6.07, 6.45) is 0. The van der Waals surface area contributed by atoms with E-state index in [9.17, 15) is 5.11 Å². The summed E-state index contributed by atoms with van der Waals surface area (Å²) in [6.45, 7) is 3.85. The van der Waals surface area contributed by atoms with Gasteiger partial charge in [0.2, 0.25) is 0 Å². The van der Waals surface area contributed by atoms with E-state index < -0.39 is 0 Å². The van der Waals surface area contributed by atoms with E-state index in [-0.39, 0.29) is 12.6 Å². The van der Waals surface area contributed by atoms with Crippen molar-refractivity contribution in [2.75, 3.05) is 33.3 Å². The number of benzene rings is 1. The molecule has 0 radical (unpaired) electrons. The van der Waals surface area contributed by atoms with Gasteiger partial charge in [0.1, 0.15) is 0 Å². The van der Waals surface area contributed by atoms with Crippen molar-refractivity contribution in [3.8, 4) is 0 Å². The third-order valence-electron chi connectivity index (χ3n) is 4.17. The smallest absolute Gasteiger partial charge is 0.0705 e. The molecule has 0 spiro atoms. The largest absolute Gasteiger partial charge is 0.395 e. The van der Waals surface area contributed by atoms with Crippen LogP contribution in [-0.2, 0) is 6.54 Å². The van der Waals surface area contributed by atoms with Gasteiger partial charge < -0.3 is 10.1 Å². The highest BCUT2D eigenvalue weighted by atomic mass is 35.5. The van der Waals surface area contributed by atoms with Crippen LogP contribution in [0.2, 0.25) is 5.02 Å². The first-order valence-corrected chi connectivity index (χ1v) is 7.35. The molecule has 1 aromatic heterocycles. The summed E-state index contributed by atoms with van der Waals surface area (Å²) >= 11 is 6.46. The lowest BCUT2D eigenvalue weighted by molar-refractivity contribution is 0.0535. The minimum atomic E-state index is 0.202. The molecule has 1 atom stereocenters. The molecule has 108 valence electrons. The number of aliphatic hydroxyl groups excluding tert-OH is 1. The average Bonchev–Trinajstić information content (AvgIpc) is 2.78. The number of halogens is 1. The highest BCUT2D eigenvalue weighted by Gasteiger charge is 2.24. The van der Waals surface area contributed by atoms with Crippen molar-refractivity contribution in [1.82, 2.24) is 14.8 Å². The summed E-state index contributed by atoms with van der Waals surface area (Å²) in [6, 6.07) is 8.32. The van der Waals surface area contributed by atoms with Gasteiger partial charge in [-0.3, -0.25) is 9.80 Å². The summed E-state index contributed by atoms with van der Waals surface area (Å²) in [5, 5.41) is 11.3. The molecular formula is C15H20ClN3O. The monoisotopic (exact) mass is 293 g/mol. The number of piperazine rings is 1. The van der Waals surface area contributed by atoms with Gasteiger partial charge in [-0.25, -0.2) is 0 Å². The van der Waals surface area contributed by atoms with Crippen molar-refractivity contribution >= 4 is 22.5 Å². The Kier molecular flexibility index (Phi) is 3.98. The highest BCUT2D eigenvalue weighted by molar-refractivity contribution is 6.36. The number of para-hydroxylation sites is 1. The number of aliphatic hydroxyl groups is 1. The Morgan fingerprint density at radius 1 is 1.35 bits per heavy atom. The number of hydrogen-bond acceptors (Lipinski definition) is 3. The quantitative estimate of drug-likeness (QED) is 0.909. The zero-order chi connectivity index (χ0) is 14.1. The van der Waals surface area contributed by atoms with Gasteiger partial charge in [0, 0.05) is 48.8 Å². The van der Waals surface area contributed by atoms with Gasteiger partial charge in [0.25, 0.3) is 0 Å². The van der Waals surface area contributed by atoms with E-state index in [1.54, 1.807) is 0 Å². The summed E-state index contributed by atoms with van der Waals surface area (Å²) in [4.78, 5) is 7.96. The molecule has 0 amide bonds. The first-order chi connectivity index (χ1) is 9.69. The van der Waals surface area contributed by atoms with Crippen LogP contribution in [0.1, 0.15) is 5.69 Å². The van der Waals surface area contributed by atoms with E-state index in [0.29, 0.717) is 0 Å². The highest BCUT2D eigenvalue weighted by Crippen LogP contribution is 2.28. The molecule has 3 rings (SSSR count). The number of fused-ring (bicyclic) bond motifs is 1. The SMILES string of the molecule is CN1CCN(Cc2[nH]c3ccccc3c2Cl)C[C@H]1CO. The van der Waals surface area contributed by atoms with Crippen LogP contribution in [0.3, 0.4) is 0 Å². The maximum absolute atomic E-state index is 9.41. The van der Waals surface area contributed by atoms with Crippen molar-refractivity contribution in [2.24, 2.45) is 0 Å². The molecule has 0 saturated carbocycles. The minimum Gasteiger partial charge on any atom is -0.395 e. The van der Waals surface area contributed by atoms with Gasteiger partial charge in [-0.15, -0.1) is 0 Å². The topological polar surface area (TPSA) is 42.5 Å². The molecule has 4 nitrogen and oxygen atoms in total. The summed E-state index contributed by atoms with van der Waals surface area (Å²) in [5.41, 5.74) is 2.15. The minimum absolute atomic E-state index is 0.202. The predicted octanol–water partition coefficient (Wildman–Crippen LogP) is 1.93. The first-order valence-electron chi connectivity index (χ1n) is 6.97. The van der Waals surface area contributed by atoms with E-state index >= 15 is 0 Å². The van der Waals surface area contributed by atoms with E-state index in [1.807, 2.05) is 24.3 Å². The Morgan fingerprint density at radius 2 is 2.15 bits per heavy atom. The second-order valence-electron chi connectivity index (χ2n) is 5.52. The van der Waals surface area contributed by atoms with Crippen molar-refractivity contribution in [2.45, 2.75) is 12.6 Å². The lowest BCUT2D eigenvalue weighted by atomic mass is 10.2. The van der Waals surface area contributed by atoms with Gasteiger partial charge in [-0.2, -0.15) is 0 Å². The number of nitrogens with zero attached hydrogens (tertiary/aromatic N) is 2. The molecule has 1 fully saturated rings. The zero-order valence-electron chi connectivity index (χ0n) is 11.6. The molecule has 1 aromatic carbocycles. The van der Waals surface area contributed by atoms with Crippen LogP contribution in [0.5, 0.6) is 0 Å². The molecule has 1 aliphatic rings. The number of H-pyrrole nitrogens is 1. The van der Waals surface area contributed by atoms with Gasteiger partial charge in [0.15, 0.2) is 0 Å². The lowest BCUT2D eigenvalue weighted by Gasteiger charge is -2.38. The Labute approximate surface area is 123 Å². The molecule has 5 heteroatoms. The van der Waals surface area contributed by atoms with Crippen LogP contribution in [0.4, 0.5) is 0 Å². The maximum Gasteiger partial charge on any atom is 0.0705 e. The first kappa shape index (κ1) is 13.9. The predicted molar refractivity (Wildman–Crippen MR) is 82.1 cm³/mol. The maximum atomic E-state index is 9.41. The number of aromatic nitrogens is 1. The molecule has 0 bridgehead atoms. The second-order valence-corrected chi connectivity index (χ2v) is 5.89. The molecule has 1 aliphatic heterocycles. The van der Waals surface area contributed by atoms with Gasteiger partial charge >= 0.3 is 0 Å². The molecule has 0 unspecified atom stereocenters. The number of rotatable bonds is 3. The standard InChI is InChI=1S/C15H20ClN3O/c1-18-6-7-19(8-11(18)10-20)9-14-15(16)12-4-2-3-5-13(12)17-14/h2-5,11,17,20H,6-10H2,1H3/t11-/m0/s1. The Balaban J connectivity index is 1.78. The summed E-state index contributed by atoms with van der Waals surface area (Å²) in [5.74, 6) is 0. The van der Waals surface area contributed by atoms with Crippen molar-refractivity contribution < 1.29 is 5.11 Å². The fourth-order valence-corrected chi connectivity index (χ4v) is 3.12. The van der Waals surface area contributed by atoms with E-state index in [1.165, 1.54) is 0 Å². The summed E-state index contributed by atoms with van der Waals surface area (Å²) in [7, 11) is 2.06. The third-order valence-corrected chi connectivity index (χ3v) is 4.60. The van der Waals surface area contributed by atoms with Crippen LogP contribution in [-0.4, -0.2) is 59.2 Å². The van der Waals surface area contributed by atoms with Crippen LogP contribution in [0, 0.1) is 0 Å². The van der Waals surface area contributed by atoms with Crippen molar-refractivity contribution in [3.05, 3.63) is 35.0 Å². The lowest BCUT2D eigenvalue weighted by Crippen LogP contribution is -2.52. The van der Waals surface area contributed by atoms with Crippen LogP contribution in [0.15, 0.2) is 24.3 Å². The summed E-state index contributed by atoms with van der Waals surface area (Å²) < 4.78 is 0. The van der Waals surface area contributed by atoms with Crippen LogP contribution in [0.25, 0.3) is 10.9 Å². The number of nitrogens with one attached hydrogen (secondary N) is 1. The third kappa shape index (κ3) is 2.56. The fraction of sp³-hybridized carbons (Fsp3) is 0.467. The van der Waals surface area contributed by atoms with E-state index in [2.05, 4.69) is 21.8 Å². The number of likely N-dealkylation sites (N-methyl/N-ethyl adjacent to an activating group) is 1. The average molecular weight is 294 g/mol. The zero-order valence-corrected chi connectivity index (χ0v) is 12.4. The molecule has 0 aliphatic carbocycles. The Bertz CT molecular complexity index is 598. The van der Waals surface area contributed by atoms with Gasteiger partial charge in [-0.05, 0) is 13.1 Å².